The number of carbonyl (C=O) groups excluding carboxylic acids is 6. The Bertz CT molecular complexity index is 2010. The highest BCUT2D eigenvalue weighted by molar-refractivity contribution is 7.98. The summed E-state index contributed by atoms with van der Waals surface area (Å²) in [6, 6.07) is 2.43. The lowest BCUT2D eigenvalue weighted by atomic mass is 9.90. The number of benzene rings is 1. The van der Waals surface area contributed by atoms with Crippen molar-refractivity contribution in [1.82, 2.24) is 25.3 Å². The van der Waals surface area contributed by atoms with Gasteiger partial charge in [0.25, 0.3) is 0 Å². The minimum absolute atomic E-state index is 0.00360. The number of thioether (sulfide) groups is 1. The molecule has 0 aliphatic heterocycles. The fourth-order valence-corrected chi connectivity index (χ4v) is 9.48. The molecule has 20 heteroatoms. The molecule has 8 unspecified atom stereocenters. The van der Waals surface area contributed by atoms with Gasteiger partial charge in [0.15, 0.2) is 8.32 Å². The van der Waals surface area contributed by atoms with E-state index in [0.717, 1.165) is 10.5 Å². The minimum Gasteiger partial charge on any atom is -0.460 e. The topological polar surface area (TPSA) is 164 Å². The molecule has 1 aromatic rings. The van der Waals surface area contributed by atoms with Crippen LogP contribution < -0.4 is 10.6 Å². The Morgan fingerprint density at radius 1 is 0.875 bits per heavy atom. The standard InChI is InChI=1S/C52H85Cl4N5O9SSi/c1-19-33(5)44(50(67)68-30-52(54,55)56)58-43(62)29-59(13)49(66)41(28-38-22-24-39(53)25-23-38)61(15)48(65)37(9)57-46(63)40(27-32(3)4)60(14)47(64)35(7)21-26-42(69-31-71-16)36(8)45(34(6)20-2)70-72(17,18)51(10,11)12/h20-25,32-33,36-37,40-42,44-45H,19,26-31H2,1-18H3,(H,57,63)(H,58,62)/b34-20+,35-21+. The van der Waals surface area contributed by atoms with Gasteiger partial charge in [-0.3, -0.25) is 24.0 Å². The van der Waals surface area contributed by atoms with Gasteiger partial charge in [0.2, 0.25) is 33.3 Å². The predicted octanol–water partition coefficient (Wildman–Crippen LogP) is 10.0. The number of allylic oxidation sites excluding steroid dienone is 1. The number of amides is 5. The monoisotopic (exact) mass is 1120 g/mol. The molecule has 0 fully saturated rings. The first-order chi connectivity index (χ1) is 33.1. The summed E-state index contributed by atoms with van der Waals surface area (Å²) in [4.78, 5) is 87.2. The summed E-state index contributed by atoms with van der Waals surface area (Å²) in [6.45, 7) is 27.1. The number of likely N-dealkylation sites (N-methyl/N-ethyl adjacent to an activating group) is 3. The van der Waals surface area contributed by atoms with Crippen molar-refractivity contribution in [1.29, 1.82) is 0 Å². The molecule has 0 aliphatic rings. The maximum atomic E-state index is 14.3. The Morgan fingerprint density at radius 3 is 1.96 bits per heavy atom. The number of nitrogens with zero attached hydrogens (tertiary/aromatic N) is 3. The molecule has 0 spiro atoms. The van der Waals surface area contributed by atoms with Crippen LogP contribution in [0.25, 0.3) is 0 Å². The third-order valence-electron chi connectivity index (χ3n) is 13.5. The molecule has 0 aromatic heterocycles. The summed E-state index contributed by atoms with van der Waals surface area (Å²) < 4.78 is 16.7. The van der Waals surface area contributed by atoms with E-state index in [-0.39, 0.29) is 47.3 Å². The Hall–Kier alpha value is -2.83. The third-order valence-corrected chi connectivity index (χ3v) is 18.9. The molecule has 0 saturated heterocycles. The number of hydrogen-bond acceptors (Lipinski definition) is 10. The van der Waals surface area contributed by atoms with Gasteiger partial charge in [0, 0.05) is 44.1 Å². The van der Waals surface area contributed by atoms with Crippen molar-refractivity contribution in [3.8, 4) is 0 Å². The minimum atomic E-state index is -2.18. The van der Waals surface area contributed by atoms with Crippen molar-refractivity contribution in [2.75, 3.05) is 46.5 Å². The van der Waals surface area contributed by atoms with E-state index in [9.17, 15) is 28.8 Å². The largest absolute Gasteiger partial charge is 0.460 e. The van der Waals surface area contributed by atoms with Gasteiger partial charge in [-0.1, -0.05) is 132 Å². The SMILES string of the molecule is C/C=C(\C)C(O[Si](C)(C)C(C)(C)C)C(C)C(C/C=C(\C)C(=O)N(C)C(CC(C)C)C(=O)NC(C)C(=O)N(C)C(Cc1ccc(Cl)cc1)C(=O)N(C)CC(=O)NC(C(=O)OCC(Cl)(Cl)Cl)C(C)CC)OCSC. The van der Waals surface area contributed by atoms with Gasteiger partial charge < -0.3 is 39.2 Å². The summed E-state index contributed by atoms with van der Waals surface area (Å²) >= 11 is 25.1. The lowest BCUT2D eigenvalue weighted by Gasteiger charge is -2.42. The Kier molecular flexibility index (Phi) is 28.6. The summed E-state index contributed by atoms with van der Waals surface area (Å²) in [6.07, 6.45) is 6.72. The van der Waals surface area contributed by atoms with Crippen molar-refractivity contribution in [2.24, 2.45) is 17.8 Å². The molecule has 1 aromatic carbocycles. The smallest absolute Gasteiger partial charge is 0.329 e. The zero-order valence-electron chi connectivity index (χ0n) is 46.0. The quantitative estimate of drug-likeness (QED) is 0.0206. The van der Waals surface area contributed by atoms with Crippen LogP contribution in [0.15, 0.2) is 47.6 Å². The van der Waals surface area contributed by atoms with Gasteiger partial charge in [0.1, 0.15) is 30.8 Å². The fraction of sp³-hybridized carbons (Fsp3) is 0.692. The van der Waals surface area contributed by atoms with Crippen LogP contribution in [-0.2, 0) is 49.1 Å². The first kappa shape index (κ1) is 67.2. The van der Waals surface area contributed by atoms with Crippen LogP contribution in [0.1, 0.15) is 108 Å². The van der Waals surface area contributed by atoms with E-state index >= 15 is 0 Å². The summed E-state index contributed by atoms with van der Waals surface area (Å²) in [5, 5.41) is 5.94. The number of hydrogen-bond donors (Lipinski definition) is 2. The molecule has 0 saturated carbocycles. The number of ether oxygens (including phenoxy) is 2. The van der Waals surface area contributed by atoms with E-state index in [2.05, 4.69) is 64.4 Å². The van der Waals surface area contributed by atoms with Crippen molar-refractivity contribution >= 4 is 102 Å². The molecule has 0 radical (unpaired) electrons. The second kappa shape index (κ2) is 30.7. The molecule has 0 aliphatic carbocycles. The average Bonchev–Trinajstić information content (AvgIpc) is 3.30. The number of nitrogens with one attached hydrogen (secondary N) is 2. The molecule has 1 rings (SSSR count). The highest BCUT2D eigenvalue weighted by Crippen LogP contribution is 2.40. The van der Waals surface area contributed by atoms with Crippen LogP contribution in [0.4, 0.5) is 0 Å². The van der Waals surface area contributed by atoms with Crippen LogP contribution in [0, 0.1) is 17.8 Å². The third kappa shape index (κ3) is 21.8. The molecule has 2 N–H and O–H groups in total. The number of halogens is 4. The van der Waals surface area contributed by atoms with Gasteiger partial charge in [0.05, 0.1) is 24.7 Å². The maximum absolute atomic E-state index is 14.3. The van der Waals surface area contributed by atoms with Crippen molar-refractivity contribution in [3.05, 3.63) is 58.1 Å². The average molecular weight is 1130 g/mol. The molecule has 72 heavy (non-hydrogen) atoms. The lowest BCUT2D eigenvalue weighted by Crippen LogP contribution is -2.57. The molecule has 0 heterocycles. The molecule has 14 nitrogen and oxygen atoms in total. The number of rotatable bonds is 28. The van der Waals surface area contributed by atoms with Gasteiger partial charge in [-0.05, 0) is 100 Å². The highest BCUT2D eigenvalue weighted by atomic mass is 35.6. The molecule has 0 bridgehead atoms. The van der Waals surface area contributed by atoms with Gasteiger partial charge >= 0.3 is 5.97 Å². The number of esters is 1. The van der Waals surface area contributed by atoms with Crippen molar-refractivity contribution in [3.63, 3.8) is 0 Å². The fourth-order valence-electron chi connectivity index (χ4n) is 7.49. The molecule has 5 amide bonds. The Morgan fingerprint density at radius 2 is 1.46 bits per heavy atom. The lowest BCUT2D eigenvalue weighted by molar-refractivity contribution is -0.150. The zero-order chi connectivity index (χ0) is 55.6. The summed E-state index contributed by atoms with van der Waals surface area (Å²) in [7, 11) is 2.26. The van der Waals surface area contributed by atoms with E-state index in [0.29, 0.717) is 41.4 Å². The van der Waals surface area contributed by atoms with E-state index in [1.807, 2.05) is 40.0 Å². The van der Waals surface area contributed by atoms with Crippen LogP contribution >= 0.6 is 58.2 Å². The van der Waals surface area contributed by atoms with Gasteiger partial charge in [-0.25, -0.2) is 4.79 Å². The molecular weight excluding hydrogens is 1040 g/mol. The zero-order valence-corrected chi connectivity index (χ0v) is 50.9. The molecule has 410 valence electrons. The predicted molar refractivity (Wildman–Crippen MR) is 298 cm³/mol. The van der Waals surface area contributed by atoms with E-state index in [1.54, 1.807) is 56.9 Å². The van der Waals surface area contributed by atoms with Crippen molar-refractivity contribution < 1.29 is 42.7 Å². The first-order valence-corrected chi connectivity index (χ1v) is 30.4. The van der Waals surface area contributed by atoms with E-state index < -0.39 is 79.0 Å². The van der Waals surface area contributed by atoms with Crippen LogP contribution in [-0.4, -0.2) is 145 Å². The second-order valence-electron chi connectivity index (χ2n) is 20.9. The summed E-state index contributed by atoms with van der Waals surface area (Å²) in [5.74, 6) is -3.51. The van der Waals surface area contributed by atoms with Crippen LogP contribution in [0.5, 0.6) is 0 Å². The van der Waals surface area contributed by atoms with Gasteiger partial charge in [-0.2, -0.15) is 0 Å². The van der Waals surface area contributed by atoms with Crippen LogP contribution in [0.3, 0.4) is 0 Å². The van der Waals surface area contributed by atoms with Crippen molar-refractivity contribution in [2.45, 2.75) is 167 Å². The Labute approximate surface area is 456 Å². The number of carbonyl (C=O) groups is 6. The normalized spacial score (nSPS) is 16.1. The maximum Gasteiger partial charge on any atom is 0.329 e. The van der Waals surface area contributed by atoms with Gasteiger partial charge in [-0.15, -0.1) is 11.8 Å². The number of alkyl halides is 3. The first-order valence-electron chi connectivity index (χ1n) is 24.6. The van der Waals surface area contributed by atoms with E-state index in [4.69, 9.17) is 60.3 Å². The van der Waals surface area contributed by atoms with E-state index in [1.165, 1.54) is 30.8 Å². The van der Waals surface area contributed by atoms with Crippen LogP contribution in [0.2, 0.25) is 23.2 Å². The molecular formula is C52H85Cl4N5O9SSi. The Balaban J connectivity index is 3.44. The summed E-state index contributed by atoms with van der Waals surface area (Å²) in [5.41, 5.74) is 2.23. The molecule has 8 atom stereocenters. The highest BCUT2D eigenvalue weighted by Gasteiger charge is 2.42. The second-order valence-corrected chi connectivity index (χ2v) is 29.4.